The van der Waals surface area contributed by atoms with E-state index in [0.717, 1.165) is 0 Å². The fourth-order valence-corrected chi connectivity index (χ4v) is 4.71. The zero-order valence-corrected chi connectivity index (χ0v) is 16.7. The lowest BCUT2D eigenvalue weighted by Gasteiger charge is -2.25. The minimum absolute atomic E-state index is 0.00333. The molecule has 0 spiro atoms. The number of esters is 1. The van der Waals surface area contributed by atoms with Gasteiger partial charge < -0.3 is 15.0 Å². The molecule has 28 heavy (non-hydrogen) atoms. The lowest BCUT2D eigenvalue weighted by Crippen LogP contribution is -2.32. The summed E-state index contributed by atoms with van der Waals surface area (Å²) in [4.78, 5) is 26.3. The van der Waals surface area contributed by atoms with Crippen molar-refractivity contribution in [2.45, 2.75) is 26.3 Å². The number of para-hydroxylation sites is 1. The van der Waals surface area contributed by atoms with Gasteiger partial charge >= 0.3 is 5.97 Å². The SMILES string of the molecule is CCOC(=O)c1ccccc1NC(=O)/C(C#N)=C\N(CC)C1CCS(=O)(=O)C1. The van der Waals surface area contributed by atoms with E-state index in [4.69, 9.17) is 4.74 Å². The maximum atomic E-state index is 12.6. The Hall–Kier alpha value is -2.86. The van der Waals surface area contributed by atoms with E-state index >= 15 is 0 Å². The molecule has 1 aliphatic heterocycles. The van der Waals surface area contributed by atoms with E-state index in [2.05, 4.69) is 5.32 Å². The zero-order chi connectivity index (χ0) is 20.7. The molecule has 1 amide bonds. The third kappa shape index (κ3) is 5.33. The molecular formula is C19H23N3O5S. The van der Waals surface area contributed by atoms with E-state index in [1.165, 1.54) is 12.3 Å². The number of hydrogen-bond acceptors (Lipinski definition) is 7. The predicted octanol–water partition coefficient (Wildman–Crippen LogP) is 1.72. The minimum atomic E-state index is -3.09. The lowest BCUT2D eigenvalue weighted by molar-refractivity contribution is -0.112. The number of hydrogen-bond donors (Lipinski definition) is 1. The van der Waals surface area contributed by atoms with Gasteiger partial charge in [-0.05, 0) is 32.4 Å². The summed E-state index contributed by atoms with van der Waals surface area (Å²) < 4.78 is 28.4. The molecule has 0 bridgehead atoms. The number of carbonyl (C=O) groups excluding carboxylic acids is 2. The van der Waals surface area contributed by atoms with Crippen LogP contribution < -0.4 is 5.32 Å². The summed E-state index contributed by atoms with van der Waals surface area (Å²) in [6, 6.07) is 7.93. The Kier molecular flexibility index (Phi) is 7.18. The fraction of sp³-hybridized carbons (Fsp3) is 0.421. The Morgan fingerprint density at radius 3 is 2.64 bits per heavy atom. The quantitative estimate of drug-likeness (QED) is 0.417. The van der Waals surface area contributed by atoms with E-state index in [1.54, 1.807) is 30.0 Å². The van der Waals surface area contributed by atoms with Gasteiger partial charge in [0.15, 0.2) is 9.84 Å². The number of rotatable bonds is 7. The van der Waals surface area contributed by atoms with Crippen molar-refractivity contribution in [1.82, 2.24) is 4.90 Å². The van der Waals surface area contributed by atoms with Gasteiger partial charge in [0.05, 0.1) is 29.4 Å². The molecule has 1 atom stereocenters. The van der Waals surface area contributed by atoms with Crippen LogP contribution in [0.5, 0.6) is 0 Å². The van der Waals surface area contributed by atoms with Crippen LogP contribution in [-0.4, -0.2) is 55.9 Å². The standard InChI is InChI=1S/C19H23N3O5S/c1-3-22(15-9-10-28(25,26)13-15)12-14(11-20)18(23)21-17-8-6-5-7-16(17)19(24)27-4-2/h5-8,12,15H,3-4,9-10,13H2,1-2H3,(H,21,23)/b14-12-. The first-order valence-electron chi connectivity index (χ1n) is 8.96. The number of sulfone groups is 1. The maximum Gasteiger partial charge on any atom is 0.340 e. The van der Waals surface area contributed by atoms with Gasteiger partial charge in [-0.2, -0.15) is 5.26 Å². The Balaban J connectivity index is 2.21. The number of nitrogens with one attached hydrogen (secondary N) is 1. The summed E-state index contributed by atoms with van der Waals surface area (Å²) in [5.41, 5.74) is 0.243. The third-order valence-electron chi connectivity index (χ3n) is 4.37. The monoisotopic (exact) mass is 405 g/mol. The number of amides is 1. The molecule has 0 saturated carbocycles. The Morgan fingerprint density at radius 2 is 2.07 bits per heavy atom. The van der Waals surface area contributed by atoms with Crippen molar-refractivity contribution >= 4 is 27.4 Å². The summed E-state index contributed by atoms with van der Waals surface area (Å²) in [7, 11) is -3.09. The van der Waals surface area contributed by atoms with Crippen LogP contribution in [0.1, 0.15) is 30.6 Å². The van der Waals surface area contributed by atoms with Crippen molar-refractivity contribution < 1.29 is 22.7 Å². The van der Waals surface area contributed by atoms with Crippen molar-refractivity contribution in [2.24, 2.45) is 0 Å². The molecule has 1 aromatic rings. The molecule has 0 aliphatic carbocycles. The van der Waals surface area contributed by atoms with Gasteiger partial charge in [0, 0.05) is 18.8 Å². The van der Waals surface area contributed by atoms with Gasteiger partial charge in [-0.25, -0.2) is 13.2 Å². The van der Waals surface area contributed by atoms with Crippen LogP contribution in [0.25, 0.3) is 0 Å². The minimum Gasteiger partial charge on any atom is -0.462 e. The molecule has 2 rings (SSSR count). The van der Waals surface area contributed by atoms with E-state index < -0.39 is 21.7 Å². The molecule has 0 radical (unpaired) electrons. The van der Waals surface area contributed by atoms with Gasteiger partial charge in [-0.15, -0.1) is 0 Å². The lowest BCUT2D eigenvalue weighted by atomic mass is 10.1. The van der Waals surface area contributed by atoms with Gasteiger partial charge in [0.1, 0.15) is 11.6 Å². The Morgan fingerprint density at radius 1 is 1.36 bits per heavy atom. The average Bonchev–Trinajstić information content (AvgIpc) is 3.02. The largest absolute Gasteiger partial charge is 0.462 e. The van der Waals surface area contributed by atoms with Gasteiger partial charge in [-0.1, -0.05) is 12.1 Å². The smallest absolute Gasteiger partial charge is 0.340 e. The van der Waals surface area contributed by atoms with Crippen LogP contribution >= 0.6 is 0 Å². The second-order valence-corrected chi connectivity index (χ2v) is 8.49. The first kappa shape index (κ1) is 21.4. The van der Waals surface area contributed by atoms with Crippen LogP contribution in [-0.2, 0) is 19.4 Å². The molecule has 0 aromatic heterocycles. The van der Waals surface area contributed by atoms with E-state index in [1.807, 2.05) is 13.0 Å². The molecule has 1 unspecified atom stereocenters. The van der Waals surface area contributed by atoms with Gasteiger partial charge in [0.2, 0.25) is 0 Å². The molecule has 1 saturated heterocycles. The summed E-state index contributed by atoms with van der Waals surface area (Å²) in [6.07, 6.45) is 1.84. The highest BCUT2D eigenvalue weighted by molar-refractivity contribution is 7.91. The van der Waals surface area contributed by atoms with E-state index in [-0.39, 0.29) is 41.0 Å². The fourth-order valence-electron chi connectivity index (χ4n) is 2.96. The topological polar surface area (TPSA) is 117 Å². The molecule has 1 aromatic carbocycles. The second kappa shape index (κ2) is 9.37. The number of anilines is 1. The summed E-state index contributed by atoms with van der Waals surface area (Å²) in [5, 5.41) is 12.0. The predicted molar refractivity (Wildman–Crippen MR) is 104 cm³/mol. The number of nitriles is 1. The normalized spacial score (nSPS) is 18.2. The highest BCUT2D eigenvalue weighted by Crippen LogP contribution is 2.20. The third-order valence-corrected chi connectivity index (χ3v) is 6.12. The molecule has 1 aliphatic rings. The summed E-state index contributed by atoms with van der Waals surface area (Å²) in [6.45, 7) is 4.15. The number of benzene rings is 1. The molecule has 1 N–H and O–H groups in total. The summed E-state index contributed by atoms with van der Waals surface area (Å²) in [5.74, 6) is -1.15. The van der Waals surface area contributed by atoms with Crippen molar-refractivity contribution in [3.8, 4) is 6.07 Å². The molecule has 8 nitrogen and oxygen atoms in total. The molecular weight excluding hydrogens is 382 g/mol. The van der Waals surface area contributed by atoms with Crippen molar-refractivity contribution in [3.63, 3.8) is 0 Å². The van der Waals surface area contributed by atoms with Gasteiger partial charge in [-0.3, -0.25) is 4.79 Å². The first-order chi connectivity index (χ1) is 13.3. The van der Waals surface area contributed by atoms with Crippen molar-refractivity contribution in [3.05, 3.63) is 41.6 Å². The molecule has 150 valence electrons. The number of nitrogens with zero attached hydrogens (tertiary/aromatic N) is 2. The van der Waals surface area contributed by atoms with Crippen LogP contribution in [0.15, 0.2) is 36.0 Å². The number of carbonyl (C=O) groups is 2. The average molecular weight is 405 g/mol. The highest BCUT2D eigenvalue weighted by atomic mass is 32.2. The van der Waals surface area contributed by atoms with Crippen LogP contribution in [0.4, 0.5) is 5.69 Å². The Labute approximate surface area is 164 Å². The molecule has 1 heterocycles. The van der Waals surface area contributed by atoms with Crippen molar-refractivity contribution in [1.29, 1.82) is 5.26 Å². The van der Waals surface area contributed by atoms with Crippen molar-refractivity contribution in [2.75, 3.05) is 30.0 Å². The van der Waals surface area contributed by atoms with Crippen LogP contribution in [0.2, 0.25) is 0 Å². The van der Waals surface area contributed by atoms with Gasteiger partial charge in [0.25, 0.3) is 5.91 Å². The van der Waals surface area contributed by atoms with E-state index in [0.29, 0.717) is 13.0 Å². The zero-order valence-electron chi connectivity index (χ0n) is 15.8. The second-order valence-electron chi connectivity index (χ2n) is 6.26. The molecule has 1 fully saturated rings. The highest BCUT2D eigenvalue weighted by Gasteiger charge is 2.31. The van der Waals surface area contributed by atoms with Crippen LogP contribution in [0, 0.1) is 11.3 Å². The maximum absolute atomic E-state index is 12.6. The Bertz CT molecular complexity index is 918. The first-order valence-corrected chi connectivity index (χ1v) is 10.8. The van der Waals surface area contributed by atoms with Crippen LogP contribution in [0.3, 0.4) is 0 Å². The number of ether oxygens (including phenoxy) is 1. The summed E-state index contributed by atoms with van der Waals surface area (Å²) >= 11 is 0. The molecule has 9 heteroatoms. The van der Waals surface area contributed by atoms with E-state index in [9.17, 15) is 23.3 Å².